The minimum atomic E-state index is -0.745. The van der Waals surface area contributed by atoms with Gasteiger partial charge in [0.25, 0.3) is 5.91 Å². The molecule has 0 fully saturated rings. The first-order valence-electron chi connectivity index (χ1n) is 8.74. The highest BCUT2D eigenvalue weighted by Crippen LogP contribution is 2.40. The molecule has 0 aliphatic carbocycles. The molecule has 146 valence electrons. The van der Waals surface area contributed by atoms with E-state index in [9.17, 15) is 14.7 Å². The topological polar surface area (TPSA) is 89.2 Å². The molecule has 1 aliphatic rings. The van der Waals surface area contributed by atoms with Crippen molar-refractivity contribution >= 4 is 17.8 Å². The Kier molecular flexibility index (Phi) is 5.54. The van der Waals surface area contributed by atoms with Crippen LogP contribution in [0.2, 0.25) is 0 Å². The van der Waals surface area contributed by atoms with Crippen LogP contribution >= 0.6 is 0 Å². The van der Waals surface area contributed by atoms with E-state index >= 15 is 0 Å². The van der Waals surface area contributed by atoms with Crippen LogP contribution in [0.15, 0.2) is 58.4 Å². The van der Waals surface area contributed by atoms with E-state index in [1.54, 1.807) is 30.3 Å². The molecular weight excluding hydrogens is 362 g/mol. The van der Waals surface area contributed by atoms with Crippen LogP contribution in [0.1, 0.15) is 24.3 Å². The number of furan rings is 1. The zero-order chi connectivity index (χ0) is 20.3. The minimum absolute atomic E-state index is 0.00141. The maximum atomic E-state index is 12.8. The monoisotopic (exact) mass is 383 g/mol. The Morgan fingerprint density at radius 2 is 2.11 bits per heavy atom. The molecule has 7 heteroatoms. The Morgan fingerprint density at radius 1 is 1.32 bits per heavy atom. The molecule has 1 aliphatic heterocycles. The fourth-order valence-electron chi connectivity index (χ4n) is 3.13. The van der Waals surface area contributed by atoms with Gasteiger partial charge >= 0.3 is 0 Å². The van der Waals surface area contributed by atoms with Gasteiger partial charge in [0, 0.05) is 7.05 Å². The third-order valence-electron chi connectivity index (χ3n) is 4.45. The molecule has 7 nitrogen and oxygen atoms in total. The molecule has 0 bridgehead atoms. The van der Waals surface area contributed by atoms with Gasteiger partial charge in [-0.1, -0.05) is 6.07 Å². The molecule has 1 atom stereocenters. The van der Waals surface area contributed by atoms with Crippen molar-refractivity contribution in [2.75, 3.05) is 20.8 Å². The zero-order valence-corrected chi connectivity index (χ0v) is 15.8. The first-order valence-corrected chi connectivity index (χ1v) is 8.74. The number of aliphatic hydroxyl groups is 1. The molecule has 1 N–H and O–H groups in total. The van der Waals surface area contributed by atoms with Gasteiger partial charge < -0.3 is 23.9 Å². The lowest BCUT2D eigenvalue weighted by Gasteiger charge is -2.23. The van der Waals surface area contributed by atoms with Crippen LogP contribution in [0.25, 0.3) is 6.08 Å². The number of methoxy groups -OCH3 is 1. The third kappa shape index (κ3) is 3.51. The molecule has 0 radical (unpaired) electrons. The van der Waals surface area contributed by atoms with E-state index in [2.05, 4.69) is 0 Å². The number of carbonyl (C=O) groups is 2. The van der Waals surface area contributed by atoms with Crippen molar-refractivity contribution in [3.05, 3.63) is 65.3 Å². The highest BCUT2D eigenvalue weighted by Gasteiger charge is 2.41. The number of hydrogen-bond acceptors (Lipinski definition) is 6. The van der Waals surface area contributed by atoms with Crippen molar-refractivity contribution < 1.29 is 28.6 Å². The Hall–Kier alpha value is -3.48. The largest absolute Gasteiger partial charge is 0.503 e. The van der Waals surface area contributed by atoms with Crippen LogP contribution in [0, 0.1) is 0 Å². The number of rotatable bonds is 7. The Labute approximate surface area is 162 Å². The van der Waals surface area contributed by atoms with E-state index in [1.807, 2.05) is 6.92 Å². The number of ether oxygens (including phenoxy) is 2. The predicted octanol–water partition coefficient (Wildman–Crippen LogP) is 3.29. The van der Waals surface area contributed by atoms with Gasteiger partial charge in [0.05, 0.1) is 31.6 Å². The van der Waals surface area contributed by atoms with Crippen molar-refractivity contribution in [1.29, 1.82) is 0 Å². The van der Waals surface area contributed by atoms with Gasteiger partial charge in [0.1, 0.15) is 5.76 Å². The number of benzene rings is 1. The Bertz CT molecular complexity index is 942. The fourth-order valence-corrected chi connectivity index (χ4v) is 3.13. The van der Waals surface area contributed by atoms with Gasteiger partial charge in [-0.25, -0.2) is 0 Å². The molecule has 0 saturated carbocycles. The Balaban J connectivity index is 1.98. The number of hydrogen-bond donors (Lipinski definition) is 1. The number of likely N-dealkylation sites (N-methyl/N-ethyl adjacent to an activating group) is 1. The minimum Gasteiger partial charge on any atom is -0.503 e. The van der Waals surface area contributed by atoms with Gasteiger partial charge in [-0.15, -0.1) is 0 Å². The quantitative estimate of drug-likeness (QED) is 0.738. The number of aliphatic hydroxyl groups excluding tert-OH is 1. The van der Waals surface area contributed by atoms with Crippen molar-refractivity contribution in [3.63, 3.8) is 0 Å². The van der Waals surface area contributed by atoms with Gasteiger partial charge in [0.15, 0.2) is 23.0 Å². The third-order valence-corrected chi connectivity index (χ3v) is 4.45. The molecule has 0 saturated heterocycles. The van der Waals surface area contributed by atoms with Crippen molar-refractivity contribution in [1.82, 2.24) is 4.90 Å². The molecule has 2 aromatic rings. The summed E-state index contributed by atoms with van der Waals surface area (Å²) in [6.07, 6.45) is 4.25. The average Bonchev–Trinajstić information content (AvgIpc) is 3.29. The summed E-state index contributed by atoms with van der Waals surface area (Å²) >= 11 is 0. The van der Waals surface area contributed by atoms with E-state index in [0.29, 0.717) is 29.4 Å². The molecule has 3 rings (SSSR count). The van der Waals surface area contributed by atoms with Gasteiger partial charge in [-0.3, -0.25) is 9.59 Å². The standard InChI is InChI=1S/C21H21NO6/c1-4-27-16-10-7-13(12-17(16)26-3)19-18(20(24)21(25)22(19)2)15(23)9-8-14-6-5-11-28-14/h5-12,19,24H,4H2,1-3H3/b9-8+. The van der Waals surface area contributed by atoms with Gasteiger partial charge in [0.2, 0.25) is 0 Å². The second-order valence-corrected chi connectivity index (χ2v) is 6.14. The second kappa shape index (κ2) is 8.04. The van der Waals surface area contributed by atoms with E-state index in [-0.39, 0.29) is 5.57 Å². The van der Waals surface area contributed by atoms with Gasteiger partial charge in [-0.2, -0.15) is 0 Å². The number of allylic oxidation sites excluding steroid dienone is 1. The lowest BCUT2D eigenvalue weighted by molar-refractivity contribution is -0.128. The first-order chi connectivity index (χ1) is 13.5. The summed E-state index contributed by atoms with van der Waals surface area (Å²) < 4.78 is 16.0. The van der Waals surface area contributed by atoms with Crippen molar-refractivity contribution in [2.45, 2.75) is 13.0 Å². The van der Waals surface area contributed by atoms with Crippen LogP contribution in [-0.4, -0.2) is 42.5 Å². The highest BCUT2D eigenvalue weighted by atomic mass is 16.5. The maximum absolute atomic E-state index is 12.8. The highest BCUT2D eigenvalue weighted by molar-refractivity contribution is 6.14. The molecule has 1 aromatic carbocycles. The van der Waals surface area contributed by atoms with Crippen LogP contribution in [0.5, 0.6) is 11.5 Å². The summed E-state index contributed by atoms with van der Waals surface area (Å²) in [7, 11) is 3.04. The van der Waals surface area contributed by atoms with Gasteiger partial charge in [-0.05, 0) is 48.9 Å². The van der Waals surface area contributed by atoms with E-state index in [4.69, 9.17) is 13.9 Å². The average molecular weight is 383 g/mol. The van der Waals surface area contributed by atoms with Crippen LogP contribution in [0.4, 0.5) is 0 Å². The fraction of sp³-hybridized carbons (Fsp3) is 0.238. The van der Waals surface area contributed by atoms with E-state index in [0.717, 1.165) is 0 Å². The molecular formula is C21H21NO6. The van der Waals surface area contributed by atoms with Crippen LogP contribution in [-0.2, 0) is 9.59 Å². The first kappa shape index (κ1) is 19.3. The predicted molar refractivity (Wildman–Crippen MR) is 102 cm³/mol. The van der Waals surface area contributed by atoms with Crippen molar-refractivity contribution in [2.24, 2.45) is 0 Å². The summed E-state index contributed by atoms with van der Waals surface area (Å²) in [5.74, 6) is -0.138. The molecule has 0 spiro atoms. The van der Waals surface area contributed by atoms with Crippen molar-refractivity contribution in [3.8, 4) is 11.5 Å². The zero-order valence-electron chi connectivity index (χ0n) is 15.8. The normalized spacial score (nSPS) is 16.9. The lowest BCUT2D eigenvalue weighted by atomic mass is 9.95. The number of carbonyl (C=O) groups excluding carboxylic acids is 2. The van der Waals surface area contributed by atoms with E-state index < -0.39 is 23.5 Å². The smallest absolute Gasteiger partial charge is 0.289 e. The molecule has 28 heavy (non-hydrogen) atoms. The second-order valence-electron chi connectivity index (χ2n) is 6.14. The number of amides is 1. The molecule has 2 heterocycles. The van der Waals surface area contributed by atoms with Crippen LogP contribution < -0.4 is 9.47 Å². The summed E-state index contributed by atoms with van der Waals surface area (Å²) in [6.45, 7) is 2.33. The summed E-state index contributed by atoms with van der Waals surface area (Å²) in [5, 5.41) is 10.3. The molecule has 1 aromatic heterocycles. The molecule has 1 amide bonds. The maximum Gasteiger partial charge on any atom is 0.289 e. The summed E-state index contributed by atoms with van der Waals surface area (Å²) in [4.78, 5) is 26.4. The summed E-state index contributed by atoms with van der Waals surface area (Å²) in [5.41, 5.74) is 0.622. The number of ketones is 1. The lowest BCUT2D eigenvalue weighted by Crippen LogP contribution is -2.26. The summed E-state index contributed by atoms with van der Waals surface area (Å²) in [6, 6.07) is 7.80. The van der Waals surface area contributed by atoms with E-state index in [1.165, 1.54) is 37.5 Å². The number of nitrogens with zero attached hydrogens (tertiary/aromatic N) is 1. The molecule has 1 unspecified atom stereocenters. The SMILES string of the molecule is CCOc1ccc(C2C(C(=O)/C=C/c3ccco3)=C(O)C(=O)N2C)cc1OC. The Morgan fingerprint density at radius 3 is 2.75 bits per heavy atom. The van der Waals surface area contributed by atoms with Crippen LogP contribution in [0.3, 0.4) is 0 Å².